The van der Waals surface area contributed by atoms with Crippen LogP contribution in [0.1, 0.15) is 11.1 Å². The third kappa shape index (κ3) is 2.27. The minimum absolute atomic E-state index is 0.316. The number of hydrogen-bond donors (Lipinski definition) is 0. The lowest BCUT2D eigenvalue weighted by atomic mass is 9.97. The zero-order valence-electron chi connectivity index (χ0n) is 12.1. The van der Waals surface area contributed by atoms with Gasteiger partial charge in [0.05, 0.1) is 10.4 Å². The number of fused-ring (bicyclic) bond motifs is 1. The number of rotatable bonds is 3. The van der Waals surface area contributed by atoms with E-state index in [4.69, 9.17) is 0 Å². The van der Waals surface area contributed by atoms with Gasteiger partial charge in [-0.15, -0.1) is 0 Å². The van der Waals surface area contributed by atoms with Crippen molar-refractivity contribution in [3.05, 3.63) is 65.9 Å². The van der Waals surface area contributed by atoms with Crippen molar-refractivity contribution in [1.82, 2.24) is 3.97 Å². The van der Waals surface area contributed by atoms with Crippen molar-refractivity contribution < 1.29 is 8.42 Å². The smallest absolute Gasteiger partial charge is 0.241 e. The number of aryl methyl sites for hydroxylation is 1. The molecule has 0 aliphatic carbocycles. The van der Waals surface area contributed by atoms with E-state index in [9.17, 15) is 8.42 Å². The van der Waals surface area contributed by atoms with Crippen LogP contribution in [0.4, 0.5) is 0 Å². The van der Waals surface area contributed by atoms with E-state index in [1.807, 2.05) is 51.2 Å². The van der Waals surface area contributed by atoms with Gasteiger partial charge in [-0.05, 0) is 30.7 Å². The van der Waals surface area contributed by atoms with Crippen LogP contribution in [-0.4, -0.2) is 20.2 Å². The molecule has 0 bridgehead atoms. The van der Waals surface area contributed by atoms with Gasteiger partial charge in [0.25, 0.3) is 10.0 Å². The molecule has 1 heterocycles. The first-order valence-corrected chi connectivity index (χ1v) is 8.39. The van der Waals surface area contributed by atoms with Crippen molar-refractivity contribution in [3.63, 3.8) is 0 Å². The second-order valence-corrected chi connectivity index (χ2v) is 6.95. The summed E-state index contributed by atoms with van der Waals surface area (Å²) < 4.78 is 27.1. The molecule has 2 aromatic carbocycles. The average Bonchev–Trinajstić information content (AvgIpc) is 2.87. The van der Waals surface area contributed by atoms with Crippen molar-refractivity contribution in [2.24, 2.45) is 0 Å². The van der Waals surface area contributed by atoms with Crippen LogP contribution in [0.25, 0.3) is 10.9 Å². The molecule has 0 saturated carbocycles. The first kappa shape index (κ1) is 14.0. The second kappa shape index (κ2) is 5.08. The van der Waals surface area contributed by atoms with Gasteiger partial charge >= 0.3 is 0 Å². The standard InChI is InChI=1S/C16H16BNO2S/c1-12-6-8-14(9-7-12)21(19,20)18-11-13(10-17)15-4-2-3-5-16(15)18/h2-9,11H,10,17H2,1H3. The first-order chi connectivity index (χ1) is 10.0. The normalized spacial score (nSPS) is 11.9. The molecule has 0 amide bonds. The van der Waals surface area contributed by atoms with Gasteiger partial charge in [0.1, 0.15) is 7.85 Å². The molecule has 0 aliphatic heterocycles. The van der Waals surface area contributed by atoms with E-state index in [-0.39, 0.29) is 0 Å². The van der Waals surface area contributed by atoms with Crippen LogP contribution in [-0.2, 0) is 16.3 Å². The first-order valence-electron chi connectivity index (χ1n) is 6.95. The van der Waals surface area contributed by atoms with Crippen molar-refractivity contribution in [3.8, 4) is 0 Å². The van der Waals surface area contributed by atoms with E-state index < -0.39 is 10.0 Å². The fourth-order valence-corrected chi connectivity index (χ4v) is 3.91. The number of hydrogen-bond acceptors (Lipinski definition) is 2. The molecule has 0 N–H and O–H groups in total. The molecule has 0 fully saturated rings. The predicted octanol–water partition coefficient (Wildman–Crippen LogP) is 2.32. The van der Waals surface area contributed by atoms with Crippen LogP contribution in [0.15, 0.2) is 59.6 Å². The highest BCUT2D eigenvalue weighted by atomic mass is 32.2. The Balaban J connectivity index is 2.26. The summed E-state index contributed by atoms with van der Waals surface area (Å²) in [6.07, 6.45) is 2.54. The van der Waals surface area contributed by atoms with Gasteiger partial charge in [0.15, 0.2) is 0 Å². The summed E-state index contributed by atoms with van der Waals surface area (Å²) >= 11 is 0. The molecule has 3 aromatic rings. The Morgan fingerprint density at radius 3 is 2.38 bits per heavy atom. The quantitative estimate of drug-likeness (QED) is 0.696. The summed E-state index contributed by atoms with van der Waals surface area (Å²) in [4.78, 5) is 0.316. The minimum atomic E-state index is -3.55. The minimum Gasteiger partial charge on any atom is -0.241 e. The maximum absolute atomic E-state index is 12.9. The lowest BCUT2D eigenvalue weighted by Gasteiger charge is -2.07. The van der Waals surface area contributed by atoms with Gasteiger partial charge in [-0.25, -0.2) is 12.4 Å². The zero-order chi connectivity index (χ0) is 15.0. The molecule has 0 radical (unpaired) electrons. The molecule has 0 atom stereocenters. The van der Waals surface area contributed by atoms with Gasteiger partial charge in [-0.2, -0.15) is 0 Å². The molecule has 1 aromatic heterocycles. The van der Waals surface area contributed by atoms with Crippen LogP contribution in [0.3, 0.4) is 0 Å². The summed E-state index contributed by atoms with van der Waals surface area (Å²) in [7, 11) is -1.52. The van der Waals surface area contributed by atoms with Crippen LogP contribution < -0.4 is 0 Å². The van der Waals surface area contributed by atoms with Crippen molar-refractivity contribution >= 4 is 28.8 Å². The van der Waals surface area contributed by atoms with Crippen molar-refractivity contribution in [2.75, 3.05) is 0 Å². The van der Waals surface area contributed by atoms with Gasteiger partial charge in [0.2, 0.25) is 0 Å². The fourth-order valence-electron chi connectivity index (χ4n) is 2.52. The Morgan fingerprint density at radius 1 is 1.05 bits per heavy atom. The van der Waals surface area contributed by atoms with E-state index in [1.54, 1.807) is 18.3 Å². The lowest BCUT2D eigenvalue weighted by molar-refractivity contribution is 0.589. The Morgan fingerprint density at radius 2 is 1.71 bits per heavy atom. The Hall–Kier alpha value is -2.01. The summed E-state index contributed by atoms with van der Waals surface area (Å²) in [6, 6.07) is 14.6. The Labute approximate surface area is 125 Å². The van der Waals surface area contributed by atoms with E-state index in [1.165, 1.54) is 3.97 Å². The summed E-state index contributed by atoms with van der Waals surface area (Å²) in [5.74, 6) is 0. The number of benzene rings is 2. The van der Waals surface area contributed by atoms with Gasteiger partial charge in [0, 0.05) is 11.6 Å². The van der Waals surface area contributed by atoms with Gasteiger partial charge < -0.3 is 0 Å². The summed E-state index contributed by atoms with van der Waals surface area (Å²) in [5, 5.41) is 0.996. The number of para-hydroxylation sites is 1. The molecule has 0 spiro atoms. The maximum Gasteiger partial charge on any atom is 0.268 e. The van der Waals surface area contributed by atoms with Gasteiger partial charge in [-0.3, -0.25) is 0 Å². The average molecular weight is 297 g/mol. The van der Waals surface area contributed by atoms with E-state index in [0.29, 0.717) is 4.90 Å². The Kier molecular flexibility index (Phi) is 3.37. The van der Waals surface area contributed by atoms with E-state index >= 15 is 0 Å². The van der Waals surface area contributed by atoms with Crippen LogP contribution >= 0.6 is 0 Å². The van der Waals surface area contributed by atoms with Crippen LogP contribution in [0.2, 0.25) is 0 Å². The highest BCUT2D eigenvalue weighted by molar-refractivity contribution is 7.90. The van der Waals surface area contributed by atoms with E-state index in [0.717, 1.165) is 28.4 Å². The van der Waals surface area contributed by atoms with Crippen molar-refractivity contribution in [2.45, 2.75) is 18.1 Å². The molecule has 21 heavy (non-hydrogen) atoms. The highest BCUT2D eigenvalue weighted by Crippen LogP contribution is 2.26. The Bertz CT molecular complexity index is 896. The third-order valence-corrected chi connectivity index (χ3v) is 5.41. The topological polar surface area (TPSA) is 39.1 Å². The summed E-state index contributed by atoms with van der Waals surface area (Å²) in [5.41, 5.74) is 2.82. The zero-order valence-corrected chi connectivity index (χ0v) is 12.9. The molecule has 3 rings (SSSR count). The number of nitrogens with zero attached hydrogens (tertiary/aromatic N) is 1. The van der Waals surface area contributed by atoms with Crippen LogP contribution in [0, 0.1) is 6.92 Å². The van der Waals surface area contributed by atoms with Crippen molar-refractivity contribution in [1.29, 1.82) is 0 Å². The molecule has 106 valence electrons. The molecule has 5 heteroatoms. The van der Waals surface area contributed by atoms with Crippen LogP contribution in [0.5, 0.6) is 0 Å². The second-order valence-electron chi connectivity index (χ2n) is 5.14. The van der Waals surface area contributed by atoms with E-state index in [2.05, 4.69) is 0 Å². The largest absolute Gasteiger partial charge is 0.268 e. The highest BCUT2D eigenvalue weighted by Gasteiger charge is 2.20. The molecule has 0 aliphatic rings. The number of aromatic nitrogens is 1. The molecule has 0 saturated heterocycles. The molecule has 0 unspecified atom stereocenters. The predicted molar refractivity (Wildman–Crippen MR) is 87.9 cm³/mol. The molecule has 3 nitrogen and oxygen atoms in total. The summed E-state index contributed by atoms with van der Waals surface area (Å²) in [6.45, 7) is 1.94. The maximum atomic E-state index is 12.9. The van der Waals surface area contributed by atoms with Gasteiger partial charge in [-0.1, -0.05) is 42.2 Å². The SMILES string of the molecule is BCc1cn(S(=O)(=O)c2ccc(C)cc2)c2ccccc12. The fraction of sp³-hybridized carbons (Fsp3) is 0.125. The lowest BCUT2D eigenvalue weighted by Crippen LogP contribution is -2.11. The monoisotopic (exact) mass is 297 g/mol. The molecular weight excluding hydrogens is 281 g/mol. The third-order valence-electron chi connectivity index (χ3n) is 3.72. The molecular formula is C16H16BNO2S.